The van der Waals surface area contributed by atoms with E-state index in [1.165, 1.54) is 4.31 Å². The van der Waals surface area contributed by atoms with Crippen LogP contribution in [0.5, 0.6) is 0 Å². The molecule has 8 heteroatoms. The third-order valence-corrected chi connectivity index (χ3v) is 6.07. The maximum atomic E-state index is 11.7. The molecule has 16 heavy (non-hydrogen) atoms. The molecule has 1 heterocycles. The summed E-state index contributed by atoms with van der Waals surface area (Å²) in [6, 6.07) is 0. The van der Waals surface area contributed by atoms with E-state index >= 15 is 0 Å². The molecular weight excluding hydrogens is 254 g/mol. The van der Waals surface area contributed by atoms with Gasteiger partial charge in [0.1, 0.15) is 0 Å². The average Bonchev–Trinajstić information content (AvgIpc) is 2.17. The fraction of sp³-hybridized carbons (Fsp3) is 1.00. The maximum Gasteiger partial charge on any atom is 0.214 e. The molecule has 0 spiro atoms. The molecule has 1 aliphatic heterocycles. The number of sulfone groups is 1. The Bertz CT molecular complexity index is 400. The first-order valence-corrected chi connectivity index (χ1v) is 8.59. The zero-order valence-electron chi connectivity index (χ0n) is 9.00. The molecule has 1 rings (SSSR count). The van der Waals surface area contributed by atoms with Crippen LogP contribution in [-0.2, 0) is 19.9 Å². The smallest absolute Gasteiger partial charge is 0.214 e. The van der Waals surface area contributed by atoms with Gasteiger partial charge in [0.05, 0.1) is 17.3 Å². The first-order valence-electron chi connectivity index (χ1n) is 5.16. The Morgan fingerprint density at radius 1 is 1.12 bits per heavy atom. The Morgan fingerprint density at radius 2 is 1.69 bits per heavy atom. The van der Waals surface area contributed by atoms with Crippen molar-refractivity contribution < 1.29 is 21.9 Å². The monoisotopic (exact) mass is 271 g/mol. The minimum absolute atomic E-state index is 0.0202. The maximum absolute atomic E-state index is 11.7. The highest BCUT2D eigenvalue weighted by molar-refractivity contribution is 7.92. The molecule has 0 unspecified atom stereocenters. The zero-order valence-corrected chi connectivity index (χ0v) is 10.6. The van der Waals surface area contributed by atoms with E-state index in [2.05, 4.69) is 0 Å². The third-order valence-electron chi connectivity index (χ3n) is 2.51. The highest BCUT2D eigenvalue weighted by atomic mass is 32.2. The van der Waals surface area contributed by atoms with Gasteiger partial charge in [-0.2, -0.15) is 4.31 Å². The summed E-state index contributed by atoms with van der Waals surface area (Å²) in [4.78, 5) is 0. The van der Waals surface area contributed by atoms with Crippen molar-refractivity contribution in [1.82, 2.24) is 4.31 Å². The Labute approximate surface area is 96.2 Å². The third kappa shape index (κ3) is 4.00. The quantitative estimate of drug-likeness (QED) is 0.635. The van der Waals surface area contributed by atoms with Crippen molar-refractivity contribution in [3.8, 4) is 0 Å². The first-order chi connectivity index (χ1) is 7.37. The lowest BCUT2D eigenvalue weighted by Crippen LogP contribution is -2.44. The standard InChI is InChI=1S/C8H17NO5S2/c10-5-1-2-6-16(13,14)9-3-7-15(11,12)8-4-9/h10H,1-8H2. The summed E-state index contributed by atoms with van der Waals surface area (Å²) in [5.41, 5.74) is 0. The number of aliphatic hydroxyl groups is 1. The van der Waals surface area contributed by atoms with Crippen LogP contribution in [0, 0.1) is 0 Å². The molecule has 1 aliphatic rings. The summed E-state index contributed by atoms with van der Waals surface area (Å²) in [6.07, 6.45) is 0.855. The highest BCUT2D eigenvalue weighted by Crippen LogP contribution is 2.10. The number of hydrogen-bond acceptors (Lipinski definition) is 5. The van der Waals surface area contributed by atoms with Crippen LogP contribution in [0.25, 0.3) is 0 Å². The molecule has 0 aromatic heterocycles. The molecule has 0 aromatic carbocycles. The van der Waals surface area contributed by atoms with Crippen LogP contribution in [0.15, 0.2) is 0 Å². The van der Waals surface area contributed by atoms with Gasteiger partial charge in [0.25, 0.3) is 0 Å². The van der Waals surface area contributed by atoms with Crippen molar-refractivity contribution in [2.24, 2.45) is 0 Å². The predicted octanol–water partition coefficient (Wildman–Crippen LogP) is -1.18. The second kappa shape index (κ2) is 5.44. The second-order valence-electron chi connectivity index (χ2n) is 3.80. The number of sulfonamides is 1. The number of aliphatic hydroxyl groups excluding tert-OH is 1. The van der Waals surface area contributed by atoms with E-state index in [4.69, 9.17) is 5.11 Å². The molecule has 0 aromatic rings. The molecule has 1 N–H and O–H groups in total. The largest absolute Gasteiger partial charge is 0.396 e. The van der Waals surface area contributed by atoms with Crippen molar-refractivity contribution in [2.75, 3.05) is 37.0 Å². The summed E-state index contributed by atoms with van der Waals surface area (Å²) in [5, 5.41) is 8.55. The molecule has 0 saturated carbocycles. The summed E-state index contributed by atoms with van der Waals surface area (Å²) in [5.74, 6) is -0.202. The first kappa shape index (κ1) is 13.9. The molecular formula is C8H17NO5S2. The van der Waals surface area contributed by atoms with Gasteiger partial charge in [-0.25, -0.2) is 16.8 Å². The molecule has 0 atom stereocenters. The predicted molar refractivity (Wildman–Crippen MR) is 60.3 cm³/mol. The second-order valence-corrected chi connectivity index (χ2v) is 8.19. The molecule has 1 fully saturated rings. The van der Waals surface area contributed by atoms with Gasteiger partial charge >= 0.3 is 0 Å². The Balaban J connectivity index is 2.52. The van der Waals surface area contributed by atoms with Crippen LogP contribution in [0.4, 0.5) is 0 Å². The van der Waals surface area contributed by atoms with E-state index in [0.29, 0.717) is 12.8 Å². The fourth-order valence-corrected chi connectivity index (χ4v) is 4.50. The van der Waals surface area contributed by atoms with E-state index in [0.717, 1.165) is 0 Å². The van der Waals surface area contributed by atoms with Gasteiger partial charge in [-0.15, -0.1) is 0 Å². The van der Waals surface area contributed by atoms with Crippen LogP contribution in [0.1, 0.15) is 12.8 Å². The van der Waals surface area contributed by atoms with E-state index < -0.39 is 19.9 Å². The number of unbranched alkanes of at least 4 members (excludes halogenated alkanes) is 1. The lowest BCUT2D eigenvalue weighted by molar-refractivity contribution is 0.287. The van der Waals surface area contributed by atoms with E-state index in [9.17, 15) is 16.8 Å². The average molecular weight is 271 g/mol. The lowest BCUT2D eigenvalue weighted by Gasteiger charge is -2.25. The zero-order chi connectivity index (χ0) is 12.2. The highest BCUT2D eigenvalue weighted by Gasteiger charge is 2.29. The Hall–Kier alpha value is -0.180. The van der Waals surface area contributed by atoms with Crippen LogP contribution in [0.3, 0.4) is 0 Å². The van der Waals surface area contributed by atoms with Crippen LogP contribution >= 0.6 is 0 Å². The van der Waals surface area contributed by atoms with Gasteiger partial charge in [-0.3, -0.25) is 0 Å². The van der Waals surface area contributed by atoms with E-state index in [1.807, 2.05) is 0 Å². The van der Waals surface area contributed by atoms with Crippen LogP contribution in [-0.4, -0.2) is 63.2 Å². The van der Waals surface area contributed by atoms with E-state index in [1.54, 1.807) is 0 Å². The topological polar surface area (TPSA) is 91.8 Å². The molecule has 1 saturated heterocycles. The van der Waals surface area contributed by atoms with Crippen molar-refractivity contribution in [2.45, 2.75) is 12.8 Å². The van der Waals surface area contributed by atoms with Crippen LogP contribution in [0.2, 0.25) is 0 Å². The van der Waals surface area contributed by atoms with E-state index in [-0.39, 0.29) is 37.0 Å². The number of nitrogens with zero attached hydrogens (tertiary/aromatic N) is 1. The van der Waals surface area contributed by atoms with Gasteiger partial charge in [0.15, 0.2) is 9.84 Å². The van der Waals surface area contributed by atoms with Crippen LogP contribution < -0.4 is 0 Å². The summed E-state index contributed by atoms with van der Waals surface area (Å²) < 4.78 is 46.9. The minimum atomic E-state index is -3.35. The molecule has 0 bridgehead atoms. The van der Waals surface area contributed by atoms with Crippen molar-refractivity contribution in [3.05, 3.63) is 0 Å². The van der Waals surface area contributed by atoms with Gasteiger partial charge < -0.3 is 5.11 Å². The fourth-order valence-electron chi connectivity index (χ4n) is 1.50. The number of hydrogen-bond donors (Lipinski definition) is 1. The molecule has 0 radical (unpaired) electrons. The van der Waals surface area contributed by atoms with Crippen molar-refractivity contribution in [3.63, 3.8) is 0 Å². The normalized spacial score (nSPS) is 22.1. The van der Waals surface area contributed by atoms with Gasteiger partial charge in [-0.05, 0) is 12.8 Å². The lowest BCUT2D eigenvalue weighted by atomic mass is 10.4. The Kier molecular flexibility index (Phi) is 4.72. The molecule has 96 valence electrons. The minimum Gasteiger partial charge on any atom is -0.396 e. The Morgan fingerprint density at radius 3 is 2.19 bits per heavy atom. The van der Waals surface area contributed by atoms with Gasteiger partial charge in [0, 0.05) is 19.7 Å². The van der Waals surface area contributed by atoms with Gasteiger partial charge in [0.2, 0.25) is 10.0 Å². The van der Waals surface area contributed by atoms with Crippen molar-refractivity contribution >= 4 is 19.9 Å². The molecule has 0 aliphatic carbocycles. The van der Waals surface area contributed by atoms with Crippen molar-refractivity contribution in [1.29, 1.82) is 0 Å². The molecule has 6 nitrogen and oxygen atoms in total. The molecule has 0 amide bonds. The summed E-state index contributed by atoms with van der Waals surface area (Å²) in [6.45, 7) is 0.0947. The summed E-state index contributed by atoms with van der Waals surface area (Å²) >= 11 is 0. The SMILES string of the molecule is O=S1(=O)CCN(S(=O)(=O)CCCCO)CC1. The number of rotatable bonds is 5. The van der Waals surface area contributed by atoms with Gasteiger partial charge in [-0.1, -0.05) is 0 Å². The summed E-state index contributed by atoms with van der Waals surface area (Å²) in [7, 11) is -6.40.